The molecule has 0 aromatic heterocycles. The largest absolute Gasteiger partial charge is 0.467 e. The van der Waals surface area contributed by atoms with Crippen LogP contribution in [0.15, 0.2) is 66.9 Å². The number of allylic oxidation sites excluding steroid dienone is 1. The molecule has 222 valence electrons. The van der Waals surface area contributed by atoms with E-state index in [1.807, 2.05) is 63.2 Å². The van der Waals surface area contributed by atoms with Crippen molar-refractivity contribution < 1.29 is 28.7 Å². The van der Waals surface area contributed by atoms with Crippen LogP contribution < -0.4 is 5.32 Å². The van der Waals surface area contributed by atoms with E-state index < -0.39 is 41.6 Å². The van der Waals surface area contributed by atoms with Crippen LogP contribution in [0, 0.1) is 5.41 Å². The Hall–Kier alpha value is -4.40. The van der Waals surface area contributed by atoms with Crippen LogP contribution >= 0.6 is 0 Å². The number of methoxy groups -OCH3 is 1. The molecule has 0 spiro atoms. The van der Waals surface area contributed by atoms with Crippen LogP contribution in [0.25, 0.3) is 17.2 Å². The molecule has 1 fully saturated rings. The zero-order valence-corrected chi connectivity index (χ0v) is 24.7. The molecule has 2 amide bonds. The quantitative estimate of drug-likeness (QED) is 0.152. The number of ether oxygens (including phenoxy) is 2. The lowest BCUT2D eigenvalue weighted by Crippen LogP contribution is -2.57. The number of likely N-dealkylation sites (tertiary alicyclic amines) is 1. The summed E-state index contributed by atoms with van der Waals surface area (Å²) in [7, 11) is 1.28. The Balaban J connectivity index is 1.56. The first-order valence-electron chi connectivity index (χ1n) is 14.1. The van der Waals surface area contributed by atoms with Crippen molar-refractivity contribution in [3.05, 3.63) is 78.4 Å². The van der Waals surface area contributed by atoms with Crippen LogP contribution in [0.5, 0.6) is 0 Å². The Morgan fingerprint density at radius 1 is 1.10 bits per heavy atom. The number of carbonyl (C=O) groups excluding carboxylic acids is 3. The van der Waals surface area contributed by atoms with E-state index in [0.29, 0.717) is 18.6 Å². The Labute approximate surface area is 247 Å². The number of hydrogen-bond donors (Lipinski definition) is 1. The SMILES string of the molecule is C=CCCCOC(=O)N[C@H](C(=O)N1C[C@H](O/N=C2/c3ccccc3-c3ccc(C=C)cc32)C[C@H]1C(=O)OC)C(C)(C)C. The van der Waals surface area contributed by atoms with E-state index in [4.69, 9.17) is 14.3 Å². The van der Waals surface area contributed by atoms with Crippen molar-refractivity contribution in [2.24, 2.45) is 10.6 Å². The fourth-order valence-corrected chi connectivity index (χ4v) is 5.26. The maximum absolute atomic E-state index is 13.9. The van der Waals surface area contributed by atoms with Crippen LogP contribution in [0.3, 0.4) is 0 Å². The van der Waals surface area contributed by atoms with Crippen LogP contribution in [-0.4, -0.2) is 67.0 Å². The minimum absolute atomic E-state index is 0.0965. The van der Waals surface area contributed by atoms with Crippen molar-refractivity contribution >= 4 is 29.8 Å². The topological polar surface area (TPSA) is 107 Å². The summed E-state index contributed by atoms with van der Waals surface area (Å²) in [6.07, 6.45) is 3.79. The molecule has 2 aliphatic rings. The monoisotopic (exact) mass is 573 g/mol. The molecule has 9 heteroatoms. The maximum atomic E-state index is 13.9. The summed E-state index contributed by atoms with van der Waals surface area (Å²) in [5.41, 5.74) is 4.92. The van der Waals surface area contributed by atoms with E-state index >= 15 is 0 Å². The molecule has 0 saturated carbocycles. The van der Waals surface area contributed by atoms with Gasteiger partial charge < -0.3 is 24.5 Å². The number of carbonyl (C=O) groups is 3. The maximum Gasteiger partial charge on any atom is 0.407 e. The predicted molar refractivity (Wildman–Crippen MR) is 162 cm³/mol. The molecular weight excluding hydrogens is 534 g/mol. The second-order valence-corrected chi connectivity index (χ2v) is 11.5. The molecule has 0 unspecified atom stereocenters. The number of nitrogens with zero attached hydrogens (tertiary/aromatic N) is 2. The predicted octanol–water partition coefficient (Wildman–Crippen LogP) is 5.33. The summed E-state index contributed by atoms with van der Waals surface area (Å²) < 4.78 is 10.3. The van der Waals surface area contributed by atoms with Gasteiger partial charge in [-0.1, -0.05) is 81.1 Å². The van der Waals surface area contributed by atoms with Crippen molar-refractivity contribution in [2.45, 2.75) is 58.2 Å². The molecule has 9 nitrogen and oxygen atoms in total. The average Bonchev–Trinajstić information content (AvgIpc) is 3.54. The van der Waals surface area contributed by atoms with E-state index in [9.17, 15) is 14.4 Å². The van der Waals surface area contributed by atoms with E-state index in [0.717, 1.165) is 27.8 Å². The molecule has 3 atom stereocenters. The van der Waals surface area contributed by atoms with Gasteiger partial charge in [0, 0.05) is 17.5 Å². The van der Waals surface area contributed by atoms with Gasteiger partial charge >= 0.3 is 12.1 Å². The van der Waals surface area contributed by atoms with Gasteiger partial charge in [0.25, 0.3) is 0 Å². The third-order valence-electron chi connectivity index (χ3n) is 7.48. The highest BCUT2D eigenvalue weighted by molar-refractivity contribution is 6.24. The normalized spacial score (nSPS) is 19.0. The first-order valence-corrected chi connectivity index (χ1v) is 14.1. The number of oxime groups is 1. The number of nitrogens with one attached hydrogen (secondary N) is 1. The fourth-order valence-electron chi connectivity index (χ4n) is 5.26. The lowest BCUT2D eigenvalue weighted by Gasteiger charge is -2.34. The smallest absolute Gasteiger partial charge is 0.407 e. The first-order chi connectivity index (χ1) is 20.1. The van der Waals surface area contributed by atoms with Crippen molar-refractivity contribution in [2.75, 3.05) is 20.3 Å². The number of unbranched alkanes of at least 4 members (excludes halogenated alkanes) is 1. The van der Waals surface area contributed by atoms with Crippen LogP contribution in [0.4, 0.5) is 4.79 Å². The van der Waals surface area contributed by atoms with Crippen molar-refractivity contribution in [3.8, 4) is 11.1 Å². The van der Waals surface area contributed by atoms with E-state index in [-0.39, 0.29) is 19.6 Å². The highest BCUT2D eigenvalue weighted by atomic mass is 16.6. The van der Waals surface area contributed by atoms with E-state index in [2.05, 4.69) is 23.6 Å². The van der Waals surface area contributed by atoms with E-state index in [1.165, 1.54) is 12.0 Å². The van der Waals surface area contributed by atoms with Crippen molar-refractivity contribution in [1.82, 2.24) is 10.2 Å². The number of hydrogen-bond acceptors (Lipinski definition) is 7. The molecule has 42 heavy (non-hydrogen) atoms. The summed E-state index contributed by atoms with van der Waals surface area (Å²) in [6.45, 7) is 13.3. The summed E-state index contributed by atoms with van der Waals surface area (Å²) in [4.78, 5) is 46.7. The third-order valence-corrected chi connectivity index (χ3v) is 7.48. The van der Waals surface area contributed by atoms with E-state index in [1.54, 1.807) is 12.2 Å². The minimum atomic E-state index is -0.951. The van der Waals surface area contributed by atoms with Gasteiger partial charge in [0.05, 0.1) is 20.3 Å². The molecule has 1 heterocycles. The van der Waals surface area contributed by atoms with Crippen molar-refractivity contribution in [1.29, 1.82) is 0 Å². The fraction of sp³-hybridized carbons (Fsp3) is 0.394. The molecule has 0 bridgehead atoms. The van der Waals surface area contributed by atoms with Gasteiger partial charge in [-0.05, 0) is 41.0 Å². The molecule has 1 aliphatic carbocycles. The second-order valence-electron chi connectivity index (χ2n) is 11.5. The number of fused-ring (bicyclic) bond motifs is 3. The Bertz CT molecular complexity index is 1390. The summed E-state index contributed by atoms with van der Waals surface area (Å²) in [6, 6.07) is 12.2. The summed E-state index contributed by atoms with van der Waals surface area (Å²) >= 11 is 0. The molecule has 1 saturated heterocycles. The highest BCUT2D eigenvalue weighted by Crippen LogP contribution is 2.38. The van der Waals surface area contributed by atoms with Gasteiger partial charge in [0.15, 0.2) is 0 Å². The summed E-state index contributed by atoms with van der Waals surface area (Å²) in [5, 5.41) is 7.27. The number of rotatable bonds is 10. The number of esters is 1. The minimum Gasteiger partial charge on any atom is -0.467 e. The molecule has 2 aromatic rings. The zero-order chi connectivity index (χ0) is 30.4. The number of amides is 2. The van der Waals surface area contributed by atoms with Gasteiger partial charge in [-0.25, -0.2) is 9.59 Å². The lowest BCUT2D eigenvalue weighted by atomic mass is 9.85. The highest BCUT2D eigenvalue weighted by Gasteiger charge is 2.46. The Morgan fingerprint density at radius 3 is 2.48 bits per heavy atom. The molecule has 0 radical (unpaired) electrons. The lowest BCUT2D eigenvalue weighted by molar-refractivity contribution is -0.152. The molecular formula is C33H39N3O6. The van der Waals surface area contributed by atoms with Crippen LogP contribution in [-0.2, 0) is 23.9 Å². The van der Waals surface area contributed by atoms with Gasteiger partial charge in [-0.2, -0.15) is 0 Å². The number of benzene rings is 2. The van der Waals surface area contributed by atoms with Gasteiger partial charge in [-0.15, -0.1) is 6.58 Å². The van der Waals surface area contributed by atoms with Crippen LogP contribution in [0.1, 0.15) is 56.7 Å². The van der Waals surface area contributed by atoms with Gasteiger partial charge in [0.1, 0.15) is 23.9 Å². The average molecular weight is 574 g/mol. The zero-order valence-electron chi connectivity index (χ0n) is 24.7. The summed E-state index contributed by atoms with van der Waals surface area (Å²) in [5.74, 6) is -0.985. The molecule has 2 aromatic carbocycles. The molecule has 1 N–H and O–H groups in total. The van der Waals surface area contributed by atoms with Gasteiger partial charge in [-0.3, -0.25) is 4.79 Å². The first kappa shape index (κ1) is 30.6. The number of alkyl carbamates (subject to hydrolysis) is 1. The second kappa shape index (κ2) is 13.1. The Kier molecular flexibility index (Phi) is 9.50. The molecule has 4 rings (SSSR count). The Morgan fingerprint density at radius 2 is 1.81 bits per heavy atom. The van der Waals surface area contributed by atoms with Crippen LogP contribution in [0.2, 0.25) is 0 Å². The third kappa shape index (κ3) is 6.56. The van der Waals surface area contributed by atoms with Crippen molar-refractivity contribution in [3.63, 3.8) is 0 Å². The molecule has 1 aliphatic heterocycles. The van der Waals surface area contributed by atoms with Gasteiger partial charge in [0.2, 0.25) is 5.91 Å². The standard InChI is InChI=1S/C33H39N3O6/c1-7-9-12-17-41-32(39)34-29(33(3,4)5)30(37)36-20-22(19-27(36)31(38)40-6)42-35-28-25-14-11-10-13-23(25)24-16-15-21(8-2)18-26(24)28/h7-8,10-11,13-16,18,22,27,29H,1-2,9,12,17,19-20H2,3-6H3,(H,34,39)/b35-28-/t22-,27+,29-/m1/s1.